The molecule has 2 aromatic carbocycles. The molecule has 0 saturated carbocycles. The Balaban J connectivity index is 1.47. The van der Waals surface area contributed by atoms with Gasteiger partial charge in [0.2, 0.25) is 5.89 Å². The summed E-state index contributed by atoms with van der Waals surface area (Å²) in [5, 5.41) is 3.33. The minimum atomic E-state index is -0.0243. The summed E-state index contributed by atoms with van der Waals surface area (Å²) in [5.41, 5.74) is 3.69. The number of nitrogens with zero attached hydrogens (tertiary/aromatic N) is 3. The molecule has 0 bridgehead atoms. The van der Waals surface area contributed by atoms with E-state index in [4.69, 9.17) is 14.4 Å². The number of benzene rings is 2. The van der Waals surface area contributed by atoms with Crippen LogP contribution in [-0.4, -0.2) is 14.5 Å². The molecule has 5 rings (SSSR count). The molecule has 0 aliphatic carbocycles. The van der Waals surface area contributed by atoms with Crippen molar-refractivity contribution in [1.82, 2.24) is 14.5 Å². The SMILES string of the molecule is Cc1ccc(-c2nc(CSc3nc4ccccc4c(=O)n3Cc3cccs3)c(C)o2)cc1. The van der Waals surface area contributed by atoms with E-state index < -0.39 is 0 Å². The number of hydrogen-bond donors (Lipinski definition) is 0. The number of thioether (sulfide) groups is 1. The highest BCUT2D eigenvalue weighted by atomic mass is 32.2. The van der Waals surface area contributed by atoms with E-state index in [9.17, 15) is 4.79 Å². The summed E-state index contributed by atoms with van der Waals surface area (Å²) in [7, 11) is 0. The van der Waals surface area contributed by atoms with Gasteiger partial charge in [-0.1, -0.05) is 47.7 Å². The molecule has 0 unspecified atom stereocenters. The number of rotatable bonds is 6. The Labute approximate surface area is 193 Å². The molecule has 160 valence electrons. The zero-order chi connectivity index (χ0) is 22.1. The van der Waals surface area contributed by atoms with Crippen molar-refractivity contribution in [2.45, 2.75) is 31.3 Å². The van der Waals surface area contributed by atoms with Crippen molar-refractivity contribution in [3.05, 3.63) is 98.3 Å². The maximum Gasteiger partial charge on any atom is 0.262 e. The first-order chi connectivity index (χ1) is 15.6. The second-order valence-electron chi connectivity index (χ2n) is 7.56. The third-order valence-corrected chi connectivity index (χ3v) is 7.10. The van der Waals surface area contributed by atoms with Crippen LogP contribution < -0.4 is 5.56 Å². The average Bonchev–Trinajstić information content (AvgIpc) is 3.45. The predicted molar refractivity (Wildman–Crippen MR) is 130 cm³/mol. The smallest absolute Gasteiger partial charge is 0.262 e. The Bertz CT molecular complexity index is 1430. The highest BCUT2D eigenvalue weighted by molar-refractivity contribution is 7.98. The summed E-state index contributed by atoms with van der Waals surface area (Å²) in [4.78, 5) is 23.9. The molecular weight excluding hydrogens is 438 g/mol. The van der Waals surface area contributed by atoms with Crippen molar-refractivity contribution in [2.75, 3.05) is 0 Å². The fraction of sp³-hybridized carbons (Fsp3) is 0.160. The van der Waals surface area contributed by atoms with E-state index in [1.54, 1.807) is 15.9 Å². The van der Waals surface area contributed by atoms with Crippen LogP contribution in [0.1, 0.15) is 21.9 Å². The Morgan fingerprint density at radius 2 is 1.81 bits per heavy atom. The second kappa shape index (κ2) is 8.76. The number of aryl methyl sites for hydroxylation is 2. The molecule has 0 radical (unpaired) electrons. The first-order valence-electron chi connectivity index (χ1n) is 10.3. The highest BCUT2D eigenvalue weighted by Gasteiger charge is 2.16. The number of fused-ring (bicyclic) bond motifs is 1. The number of thiophene rings is 1. The zero-order valence-electron chi connectivity index (χ0n) is 17.7. The standard InChI is InChI=1S/C25H21N3O2S2/c1-16-9-11-18(12-10-16)23-26-22(17(2)30-23)15-32-25-27-21-8-4-3-7-20(21)24(29)28(25)14-19-6-5-13-31-19/h3-13H,14-15H2,1-2H3. The summed E-state index contributed by atoms with van der Waals surface area (Å²) in [6, 6.07) is 19.7. The van der Waals surface area contributed by atoms with Crippen LogP contribution in [0.4, 0.5) is 0 Å². The fourth-order valence-electron chi connectivity index (χ4n) is 3.47. The van der Waals surface area contributed by atoms with E-state index in [0.29, 0.717) is 34.2 Å². The lowest BCUT2D eigenvalue weighted by Gasteiger charge is -2.12. The van der Waals surface area contributed by atoms with Crippen LogP contribution in [0.25, 0.3) is 22.4 Å². The molecule has 0 fully saturated rings. The van der Waals surface area contributed by atoms with Gasteiger partial charge in [-0.25, -0.2) is 9.97 Å². The van der Waals surface area contributed by atoms with Crippen LogP contribution in [0, 0.1) is 13.8 Å². The van der Waals surface area contributed by atoms with Crippen molar-refractivity contribution >= 4 is 34.0 Å². The number of oxazole rings is 1. The monoisotopic (exact) mass is 459 g/mol. The average molecular weight is 460 g/mol. The van der Waals surface area contributed by atoms with Gasteiger partial charge in [-0.05, 0) is 49.6 Å². The van der Waals surface area contributed by atoms with E-state index in [2.05, 4.69) is 6.92 Å². The lowest BCUT2D eigenvalue weighted by Crippen LogP contribution is -2.23. The lowest BCUT2D eigenvalue weighted by molar-refractivity contribution is 0.540. The van der Waals surface area contributed by atoms with Crippen LogP contribution in [-0.2, 0) is 12.3 Å². The molecule has 3 aromatic heterocycles. The van der Waals surface area contributed by atoms with Crippen LogP contribution in [0.2, 0.25) is 0 Å². The van der Waals surface area contributed by atoms with Gasteiger partial charge in [0, 0.05) is 16.2 Å². The fourth-order valence-corrected chi connectivity index (χ4v) is 5.16. The molecule has 0 saturated heterocycles. The molecule has 5 nitrogen and oxygen atoms in total. The summed E-state index contributed by atoms with van der Waals surface area (Å²) in [6.07, 6.45) is 0. The van der Waals surface area contributed by atoms with Crippen molar-refractivity contribution in [1.29, 1.82) is 0 Å². The molecule has 0 spiro atoms. The molecule has 5 aromatic rings. The largest absolute Gasteiger partial charge is 0.441 e. The van der Waals surface area contributed by atoms with Crippen molar-refractivity contribution in [3.8, 4) is 11.5 Å². The zero-order valence-corrected chi connectivity index (χ0v) is 19.4. The van der Waals surface area contributed by atoms with Crippen LogP contribution in [0.15, 0.2) is 80.4 Å². The molecule has 0 aliphatic heterocycles. The van der Waals surface area contributed by atoms with Gasteiger partial charge >= 0.3 is 0 Å². The maximum absolute atomic E-state index is 13.3. The van der Waals surface area contributed by atoms with Gasteiger partial charge in [-0.3, -0.25) is 9.36 Å². The van der Waals surface area contributed by atoms with Gasteiger partial charge < -0.3 is 4.42 Å². The van der Waals surface area contributed by atoms with Gasteiger partial charge in [-0.15, -0.1) is 11.3 Å². The number of para-hydroxylation sites is 1. The summed E-state index contributed by atoms with van der Waals surface area (Å²) in [6.45, 7) is 4.48. The van der Waals surface area contributed by atoms with Crippen LogP contribution in [0.5, 0.6) is 0 Å². The number of aromatic nitrogens is 3. The molecular formula is C25H21N3O2S2. The van der Waals surface area contributed by atoms with Gasteiger partial charge in [0.1, 0.15) is 5.76 Å². The second-order valence-corrected chi connectivity index (χ2v) is 9.53. The Morgan fingerprint density at radius 3 is 2.59 bits per heavy atom. The van der Waals surface area contributed by atoms with Gasteiger partial charge in [0.15, 0.2) is 5.16 Å². The van der Waals surface area contributed by atoms with Crippen molar-refractivity contribution < 1.29 is 4.42 Å². The molecule has 0 amide bonds. The molecule has 0 aliphatic rings. The van der Waals surface area contributed by atoms with E-state index in [-0.39, 0.29) is 5.56 Å². The number of hydrogen-bond acceptors (Lipinski definition) is 6. The van der Waals surface area contributed by atoms with E-state index in [0.717, 1.165) is 21.9 Å². The first-order valence-corrected chi connectivity index (χ1v) is 12.1. The van der Waals surface area contributed by atoms with Crippen molar-refractivity contribution in [3.63, 3.8) is 0 Å². The minimum Gasteiger partial charge on any atom is -0.441 e. The van der Waals surface area contributed by atoms with Gasteiger partial charge in [-0.2, -0.15) is 0 Å². The normalized spacial score (nSPS) is 11.3. The van der Waals surface area contributed by atoms with E-state index in [1.165, 1.54) is 17.3 Å². The minimum absolute atomic E-state index is 0.0243. The summed E-state index contributed by atoms with van der Waals surface area (Å²) >= 11 is 3.15. The third kappa shape index (κ3) is 4.13. The van der Waals surface area contributed by atoms with Crippen LogP contribution in [0.3, 0.4) is 0 Å². The van der Waals surface area contributed by atoms with Gasteiger partial charge in [0.25, 0.3) is 5.56 Å². The Morgan fingerprint density at radius 1 is 1.00 bits per heavy atom. The highest BCUT2D eigenvalue weighted by Crippen LogP contribution is 2.28. The maximum atomic E-state index is 13.3. The summed E-state index contributed by atoms with van der Waals surface area (Å²) < 4.78 is 7.69. The quantitative estimate of drug-likeness (QED) is 0.228. The van der Waals surface area contributed by atoms with Crippen LogP contribution >= 0.6 is 23.1 Å². The van der Waals surface area contributed by atoms with Gasteiger partial charge in [0.05, 0.1) is 23.1 Å². The topological polar surface area (TPSA) is 60.9 Å². The molecule has 7 heteroatoms. The predicted octanol–water partition coefficient (Wildman–Crippen LogP) is 6.07. The van der Waals surface area contributed by atoms with E-state index in [1.807, 2.05) is 73.0 Å². The lowest BCUT2D eigenvalue weighted by atomic mass is 10.1. The molecule has 32 heavy (non-hydrogen) atoms. The third-order valence-electron chi connectivity index (χ3n) is 5.25. The Hall–Kier alpha value is -3.16. The molecule has 0 N–H and O–H groups in total. The van der Waals surface area contributed by atoms with Crippen molar-refractivity contribution in [2.24, 2.45) is 0 Å². The van der Waals surface area contributed by atoms with E-state index >= 15 is 0 Å². The Kier molecular flexibility index (Phi) is 5.68. The summed E-state index contributed by atoms with van der Waals surface area (Å²) in [5.74, 6) is 1.96. The molecule has 3 heterocycles. The first kappa shape index (κ1) is 20.7. The molecule has 0 atom stereocenters.